The molecule has 0 saturated heterocycles. The average molecular weight is 246 g/mol. The van der Waals surface area contributed by atoms with Crippen molar-refractivity contribution in [2.24, 2.45) is 12.8 Å². The van der Waals surface area contributed by atoms with Crippen molar-refractivity contribution < 1.29 is 4.74 Å². The Bertz CT molecular complexity index is 534. The van der Waals surface area contributed by atoms with Gasteiger partial charge in [-0.3, -0.25) is 4.68 Å². The molecule has 96 valence electrons. The first kappa shape index (κ1) is 12.6. The maximum Gasteiger partial charge on any atom is 0.164 e. The lowest BCUT2D eigenvalue weighted by Gasteiger charge is -2.14. The molecule has 0 aliphatic heterocycles. The monoisotopic (exact) mass is 246 g/mol. The molecule has 0 bridgehead atoms. The second-order valence-corrected chi connectivity index (χ2v) is 4.42. The zero-order valence-electron chi connectivity index (χ0n) is 10.9. The van der Waals surface area contributed by atoms with Gasteiger partial charge in [0, 0.05) is 18.7 Å². The largest absolute Gasteiger partial charge is 0.485 e. The fraction of sp³-hybridized carbons (Fsp3) is 0.385. The molecule has 5 heteroatoms. The molecule has 0 aliphatic carbocycles. The third-order valence-corrected chi connectivity index (χ3v) is 2.82. The lowest BCUT2D eigenvalue weighted by molar-refractivity contribution is 0.285. The lowest BCUT2D eigenvalue weighted by atomic mass is 10.1. The molecule has 0 aliphatic rings. The lowest BCUT2D eigenvalue weighted by Crippen LogP contribution is -2.10. The Morgan fingerprint density at radius 3 is 2.83 bits per heavy atom. The highest BCUT2D eigenvalue weighted by atomic mass is 16.5. The maximum atomic E-state index is 5.93. The van der Waals surface area contributed by atoms with Crippen LogP contribution in [0, 0.1) is 6.92 Å². The number of hydrogen-bond donors (Lipinski definition) is 1. The van der Waals surface area contributed by atoms with E-state index in [1.54, 1.807) is 4.68 Å². The molecule has 2 N–H and O–H groups in total. The van der Waals surface area contributed by atoms with Gasteiger partial charge < -0.3 is 10.5 Å². The van der Waals surface area contributed by atoms with Gasteiger partial charge in [-0.15, -0.1) is 0 Å². The minimum Gasteiger partial charge on any atom is -0.485 e. The molecule has 2 rings (SSSR count). The van der Waals surface area contributed by atoms with E-state index in [1.807, 2.05) is 39.1 Å². The number of nitrogens with zero attached hydrogens (tertiary/aromatic N) is 3. The van der Waals surface area contributed by atoms with Crippen LogP contribution in [-0.4, -0.2) is 14.8 Å². The quantitative estimate of drug-likeness (QED) is 0.892. The van der Waals surface area contributed by atoms with Crippen LogP contribution in [0.2, 0.25) is 0 Å². The van der Waals surface area contributed by atoms with Gasteiger partial charge in [-0.2, -0.15) is 5.10 Å². The van der Waals surface area contributed by atoms with E-state index in [0.717, 1.165) is 22.7 Å². The number of benzene rings is 1. The van der Waals surface area contributed by atoms with Gasteiger partial charge in [-0.1, -0.05) is 12.1 Å². The summed E-state index contributed by atoms with van der Waals surface area (Å²) in [5, 5.41) is 4.00. The predicted molar refractivity (Wildman–Crippen MR) is 69.1 cm³/mol. The molecule has 1 aromatic carbocycles. The average Bonchev–Trinajstić information content (AvgIpc) is 2.72. The molecule has 5 nitrogen and oxygen atoms in total. The van der Waals surface area contributed by atoms with Gasteiger partial charge in [0.1, 0.15) is 18.7 Å². The number of rotatable bonds is 4. The Balaban J connectivity index is 2.18. The third-order valence-electron chi connectivity index (χ3n) is 2.82. The molecule has 0 fully saturated rings. The zero-order chi connectivity index (χ0) is 13.1. The smallest absolute Gasteiger partial charge is 0.164 e. The SMILES string of the molecule is Cc1ccc([C@@H](C)N)c(OCc2ncnn2C)c1. The summed E-state index contributed by atoms with van der Waals surface area (Å²) in [6.07, 6.45) is 1.52. The molecule has 1 atom stereocenters. The molecule has 2 aromatic rings. The second kappa shape index (κ2) is 5.18. The van der Waals surface area contributed by atoms with E-state index in [2.05, 4.69) is 10.1 Å². The standard InChI is InChI=1S/C13H18N4O/c1-9-4-5-11(10(2)14)12(6-9)18-7-13-15-8-16-17(13)3/h4-6,8,10H,7,14H2,1-3H3/t10-/m1/s1. The Morgan fingerprint density at radius 2 is 2.22 bits per heavy atom. The molecule has 1 heterocycles. The Labute approximate surface area is 107 Å². The number of ether oxygens (including phenoxy) is 1. The molecule has 0 amide bonds. The molecular weight excluding hydrogens is 228 g/mol. The summed E-state index contributed by atoms with van der Waals surface area (Å²) in [5.41, 5.74) is 8.08. The van der Waals surface area contributed by atoms with Crippen LogP contribution in [0.1, 0.15) is 29.9 Å². The number of aryl methyl sites for hydroxylation is 2. The topological polar surface area (TPSA) is 66.0 Å². The van der Waals surface area contributed by atoms with Crippen LogP contribution in [0.4, 0.5) is 0 Å². The first-order valence-corrected chi connectivity index (χ1v) is 5.89. The highest BCUT2D eigenvalue weighted by Gasteiger charge is 2.09. The van der Waals surface area contributed by atoms with E-state index in [9.17, 15) is 0 Å². The van der Waals surface area contributed by atoms with E-state index >= 15 is 0 Å². The van der Waals surface area contributed by atoms with Crippen molar-refractivity contribution in [2.45, 2.75) is 26.5 Å². The summed E-state index contributed by atoms with van der Waals surface area (Å²) in [6, 6.07) is 5.98. The van der Waals surface area contributed by atoms with Crippen molar-refractivity contribution >= 4 is 0 Å². The van der Waals surface area contributed by atoms with Gasteiger partial charge in [0.25, 0.3) is 0 Å². The Kier molecular flexibility index (Phi) is 3.62. The minimum atomic E-state index is -0.0555. The molecule has 0 unspecified atom stereocenters. The van der Waals surface area contributed by atoms with Gasteiger partial charge in [0.15, 0.2) is 5.82 Å². The van der Waals surface area contributed by atoms with Crippen LogP contribution in [-0.2, 0) is 13.7 Å². The number of aromatic nitrogens is 3. The van der Waals surface area contributed by atoms with Crippen molar-refractivity contribution in [2.75, 3.05) is 0 Å². The first-order chi connectivity index (χ1) is 8.58. The van der Waals surface area contributed by atoms with Gasteiger partial charge in [0.05, 0.1) is 0 Å². The summed E-state index contributed by atoms with van der Waals surface area (Å²) in [4.78, 5) is 4.12. The van der Waals surface area contributed by atoms with Crippen LogP contribution < -0.4 is 10.5 Å². The summed E-state index contributed by atoms with van der Waals surface area (Å²) in [5.74, 6) is 1.60. The predicted octanol–water partition coefficient (Wildman–Crippen LogP) is 1.72. The van der Waals surface area contributed by atoms with Crippen molar-refractivity contribution in [3.63, 3.8) is 0 Å². The molecule has 1 aromatic heterocycles. The fourth-order valence-corrected chi connectivity index (χ4v) is 1.74. The van der Waals surface area contributed by atoms with Crippen molar-refractivity contribution in [1.82, 2.24) is 14.8 Å². The summed E-state index contributed by atoms with van der Waals surface area (Å²) < 4.78 is 7.50. The number of nitrogens with two attached hydrogens (primary N) is 1. The Hall–Kier alpha value is -1.88. The highest BCUT2D eigenvalue weighted by molar-refractivity contribution is 5.38. The van der Waals surface area contributed by atoms with E-state index in [0.29, 0.717) is 6.61 Å². The molecule has 0 radical (unpaired) electrons. The van der Waals surface area contributed by atoms with E-state index < -0.39 is 0 Å². The molecule has 0 saturated carbocycles. The van der Waals surface area contributed by atoms with E-state index in [1.165, 1.54) is 6.33 Å². The van der Waals surface area contributed by atoms with E-state index in [-0.39, 0.29) is 6.04 Å². The summed E-state index contributed by atoms with van der Waals surface area (Å²) >= 11 is 0. The first-order valence-electron chi connectivity index (χ1n) is 5.89. The van der Waals surface area contributed by atoms with Gasteiger partial charge in [-0.25, -0.2) is 4.98 Å². The fourth-order valence-electron chi connectivity index (χ4n) is 1.74. The summed E-state index contributed by atoms with van der Waals surface area (Å²) in [7, 11) is 1.84. The van der Waals surface area contributed by atoms with E-state index in [4.69, 9.17) is 10.5 Å². The maximum absolute atomic E-state index is 5.93. The van der Waals surface area contributed by atoms with Crippen molar-refractivity contribution in [3.05, 3.63) is 41.5 Å². The van der Waals surface area contributed by atoms with Crippen molar-refractivity contribution in [3.8, 4) is 5.75 Å². The minimum absolute atomic E-state index is 0.0555. The third kappa shape index (κ3) is 2.68. The molecule has 18 heavy (non-hydrogen) atoms. The molecule has 0 spiro atoms. The second-order valence-electron chi connectivity index (χ2n) is 4.42. The number of hydrogen-bond acceptors (Lipinski definition) is 4. The zero-order valence-corrected chi connectivity index (χ0v) is 10.9. The van der Waals surface area contributed by atoms with Gasteiger partial charge >= 0.3 is 0 Å². The molecular formula is C13H18N4O. The van der Waals surface area contributed by atoms with Crippen LogP contribution in [0.5, 0.6) is 5.75 Å². The summed E-state index contributed by atoms with van der Waals surface area (Å²) in [6.45, 7) is 4.36. The van der Waals surface area contributed by atoms with Gasteiger partial charge in [-0.05, 0) is 25.5 Å². The van der Waals surface area contributed by atoms with Crippen LogP contribution in [0.15, 0.2) is 24.5 Å². The van der Waals surface area contributed by atoms with Crippen molar-refractivity contribution in [1.29, 1.82) is 0 Å². The van der Waals surface area contributed by atoms with Crippen LogP contribution in [0.25, 0.3) is 0 Å². The highest BCUT2D eigenvalue weighted by Crippen LogP contribution is 2.25. The van der Waals surface area contributed by atoms with Crippen LogP contribution >= 0.6 is 0 Å². The van der Waals surface area contributed by atoms with Crippen LogP contribution in [0.3, 0.4) is 0 Å². The van der Waals surface area contributed by atoms with Gasteiger partial charge in [0.2, 0.25) is 0 Å². The normalized spacial score (nSPS) is 12.4. The Morgan fingerprint density at radius 1 is 1.44 bits per heavy atom.